The Hall–Kier alpha value is -1.67. The maximum atomic E-state index is 12.3. The quantitative estimate of drug-likeness (QED) is 0.791. The van der Waals surface area contributed by atoms with Crippen LogP contribution in [0.15, 0.2) is 23.2 Å². The number of amides is 1. The van der Waals surface area contributed by atoms with Crippen LogP contribution in [0.2, 0.25) is 0 Å². The van der Waals surface area contributed by atoms with Gasteiger partial charge in [0.1, 0.15) is 10.7 Å². The van der Waals surface area contributed by atoms with Crippen LogP contribution < -0.4 is 14.9 Å². The molecule has 1 aromatic rings. The number of piperidine rings is 1. The number of hydrogen-bond acceptors (Lipinski definition) is 5. The third-order valence-electron chi connectivity index (χ3n) is 4.86. The number of sulfonamides is 1. The topological polar surface area (TPSA) is 91.4 Å². The minimum Gasteiger partial charge on any atom is -0.357 e. The zero-order valence-corrected chi connectivity index (χ0v) is 16.1. The van der Waals surface area contributed by atoms with E-state index in [1.54, 1.807) is 12.1 Å². The zero-order chi connectivity index (χ0) is 18.6. The van der Waals surface area contributed by atoms with Crippen molar-refractivity contribution in [2.24, 2.45) is 11.8 Å². The summed E-state index contributed by atoms with van der Waals surface area (Å²) in [5, 5.41) is 3.09. The van der Waals surface area contributed by atoms with Crippen molar-refractivity contribution in [2.75, 3.05) is 25.0 Å². The van der Waals surface area contributed by atoms with E-state index in [1.807, 2.05) is 6.92 Å². The molecule has 1 saturated heterocycles. The van der Waals surface area contributed by atoms with E-state index in [-0.39, 0.29) is 22.8 Å². The van der Waals surface area contributed by atoms with Gasteiger partial charge in [-0.25, -0.2) is 18.1 Å². The van der Waals surface area contributed by atoms with Gasteiger partial charge in [0.05, 0.1) is 0 Å². The molecule has 1 aromatic heterocycles. The molecule has 1 aliphatic heterocycles. The summed E-state index contributed by atoms with van der Waals surface area (Å²) < 4.78 is 25.7. The molecule has 8 heteroatoms. The fourth-order valence-electron chi connectivity index (χ4n) is 2.72. The molecular formula is C17H28N4O3S. The third-order valence-corrected chi connectivity index (χ3v) is 6.26. The lowest BCUT2D eigenvalue weighted by Gasteiger charge is -2.33. The fourth-order valence-corrected chi connectivity index (χ4v) is 3.39. The molecule has 1 unspecified atom stereocenters. The summed E-state index contributed by atoms with van der Waals surface area (Å²) in [7, 11) is -2.09. The first-order chi connectivity index (χ1) is 11.7. The summed E-state index contributed by atoms with van der Waals surface area (Å²) in [6, 6.07) is 3.44. The highest BCUT2D eigenvalue weighted by molar-refractivity contribution is 7.89. The van der Waals surface area contributed by atoms with E-state index in [9.17, 15) is 13.2 Å². The summed E-state index contributed by atoms with van der Waals surface area (Å²) in [5.74, 6) is 1.32. The lowest BCUT2D eigenvalue weighted by atomic mass is 9.95. The van der Waals surface area contributed by atoms with Crippen LogP contribution in [0.3, 0.4) is 0 Å². The lowest BCUT2D eigenvalue weighted by molar-refractivity contribution is -0.126. The van der Waals surface area contributed by atoms with E-state index in [0.29, 0.717) is 5.92 Å². The van der Waals surface area contributed by atoms with Gasteiger partial charge in [0.25, 0.3) is 0 Å². The van der Waals surface area contributed by atoms with Crippen molar-refractivity contribution in [1.29, 1.82) is 0 Å². The zero-order valence-electron chi connectivity index (χ0n) is 15.3. The van der Waals surface area contributed by atoms with Crippen molar-refractivity contribution in [3.05, 3.63) is 18.3 Å². The van der Waals surface area contributed by atoms with Crippen molar-refractivity contribution >= 4 is 21.7 Å². The molecule has 2 heterocycles. The summed E-state index contributed by atoms with van der Waals surface area (Å²) in [5.41, 5.74) is 0. The van der Waals surface area contributed by atoms with Crippen LogP contribution in [0, 0.1) is 11.8 Å². The Morgan fingerprint density at radius 3 is 2.36 bits per heavy atom. The molecule has 0 aliphatic carbocycles. The van der Waals surface area contributed by atoms with Crippen LogP contribution in [0.5, 0.6) is 0 Å². The number of hydrogen-bond donors (Lipinski definition) is 2. The standard InChI is InChI=1S/C17H28N4O3S/c1-12(2)13(3)20-17(22)14-7-9-21(10-8-14)16-6-5-15(11-19-16)25(23,24)18-4/h5-6,11-14,18H,7-10H2,1-4H3,(H,20,22). The number of anilines is 1. The molecule has 0 aromatic carbocycles. The number of pyridine rings is 1. The molecular weight excluding hydrogens is 340 g/mol. The van der Waals surface area contributed by atoms with Crippen molar-refractivity contribution in [3.8, 4) is 0 Å². The molecule has 1 amide bonds. The summed E-state index contributed by atoms with van der Waals surface area (Å²) in [4.78, 5) is 18.8. The maximum Gasteiger partial charge on any atom is 0.241 e. The van der Waals surface area contributed by atoms with Crippen molar-refractivity contribution in [2.45, 2.75) is 44.6 Å². The monoisotopic (exact) mass is 368 g/mol. The second kappa shape index (κ2) is 8.14. The second-order valence-corrected chi connectivity index (χ2v) is 8.75. The van der Waals surface area contributed by atoms with Gasteiger partial charge < -0.3 is 10.2 Å². The van der Waals surface area contributed by atoms with Gasteiger partial charge in [0.2, 0.25) is 15.9 Å². The highest BCUT2D eigenvalue weighted by Crippen LogP contribution is 2.23. The smallest absolute Gasteiger partial charge is 0.241 e. The van der Waals surface area contributed by atoms with Crippen LogP contribution in [0.4, 0.5) is 5.82 Å². The van der Waals surface area contributed by atoms with Gasteiger partial charge in [-0.15, -0.1) is 0 Å². The average Bonchev–Trinajstić information content (AvgIpc) is 2.61. The summed E-state index contributed by atoms with van der Waals surface area (Å²) >= 11 is 0. The number of aromatic nitrogens is 1. The summed E-state index contributed by atoms with van der Waals surface area (Å²) in [6.07, 6.45) is 2.91. The maximum absolute atomic E-state index is 12.3. The second-order valence-electron chi connectivity index (χ2n) is 6.86. The number of carbonyl (C=O) groups is 1. The molecule has 2 N–H and O–H groups in total. The number of carbonyl (C=O) groups excluding carboxylic acids is 1. The molecule has 7 nitrogen and oxygen atoms in total. The van der Waals surface area contributed by atoms with Crippen LogP contribution in [-0.2, 0) is 14.8 Å². The van der Waals surface area contributed by atoms with E-state index in [4.69, 9.17) is 0 Å². The van der Waals surface area contributed by atoms with Crippen molar-refractivity contribution in [1.82, 2.24) is 15.0 Å². The molecule has 2 rings (SSSR count). The van der Waals surface area contributed by atoms with Gasteiger partial charge in [0.15, 0.2) is 0 Å². The Labute approximate surface area is 150 Å². The molecule has 1 fully saturated rings. The predicted octanol–water partition coefficient (Wildman–Crippen LogP) is 1.37. The van der Waals surface area contributed by atoms with E-state index < -0.39 is 10.0 Å². The first-order valence-electron chi connectivity index (χ1n) is 8.69. The summed E-state index contributed by atoms with van der Waals surface area (Å²) in [6.45, 7) is 7.69. The molecule has 0 bridgehead atoms. The Morgan fingerprint density at radius 1 is 1.24 bits per heavy atom. The predicted molar refractivity (Wildman–Crippen MR) is 97.9 cm³/mol. The highest BCUT2D eigenvalue weighted by atomic mass is 32.2. The third kappa shape index (κ3) is 4.92. The first-order valence-corrected chi connectivity index (χ1v) is 10.2. The van der Waals surface area contributed by atoms with Gasteiger partial charge >= 0.3 is 0 Å². The minimum atomic E-state index is -3.47. The Kier molecular flexibility index (Phi) is 6.40. The van der Waals surface area contributed by atoms with Crippen LogP contribution in [-0.4, -0.2) is 45.5 Å². The Bertz CT molecular complexity index is 680. The highest BCUT2D eigenvalue weighted by Gasteiger charge is 2.27. The number of nitrogens with one attached hydrogen (secondary N) is 2. The van der Waals surface area contributed by atoms with E-state index in [0.717, 1.165) is 31.7 Å². The molecule has 140 valence electrons. The van der Waals surface area contributed by atoms with E-state index in [2.05, 4.69) is 33.8 Å². The molecule has 0 spiro atoms. The van der Waals surface area contributed by atoms with E-state index >= 15 is 0 Å². The van der Waals surface area contributed by atoms with Crippen LogP contribution in [0.25, 0.3) is 0 Å². The van der Waals surface area contributed by atoms with Crippen molar-refractivity contribution in [3.63, 3.8) is 0 Å². The van der Waals surface area contributed by atoms with Gasteiger partial charge in [-0.3, -0.25) is 4.79 Å². The number of rotatable bonds is 6. The fraction of sp³-hybridized carbons (Fsp3) is 0.647. The lowest BCUT2D eigenvalue weighted by Crippen LogP contribution is -2.44. The van der Waals surface area contributed by atoms with Gasteiger partial charge in [-0.1, -0.05) is 13.8 Å². The molecule has 25 heavy (non-hydrogen) atoms. The normalized spacial score (nSPS) is 17.6. The van der Waals surface area contributed by atoms with Gasteiger partial charge in [-0.2, -0.15) is 0 Å². The van der Waals surface area contributed by atoms with Gasteiger partial charge in [-0.05, 0) is 44.9 Å². The largest absolute Gasteiger partial charge is 0.357 e. The molecule has 1 aliphatic rings. The first kappa shape index (κ1) is 19.7. The Balaban J connectivity index is 1.93. The van der Waals surface area contributed by atoms with Crippen molar-refractivity contribution < 1.29 is 13.2 Å². The average molecular weight is 369 g/mol. The number of nitrogens with zero attached hydrogens (tertiary/aromatic N) is 2. The molecule has 1 atom stereocenters. The van der Waals surface area contributed by atoms with Crippen LogP contribution >= 0.6 is 0 Å². The minimum absolute atomic E-state index is 0.0291. The molecule has 0 radical (unpaired) electrons. The van der Waals surface area contributed by atoms with Gasteiger partial charge in [0, 0.05) is 31.2 Å². The van der Waals surface area contributed by atoms with Crippen LogP contribution in [0.1, 0.15) is 33.6 Å². The van der Waals surface area contributed by atoms with E-state index in [1.165, 1.54) is 13.2 Å². The molecule has 0 saturated carbocycles. The Morgan fingerprint density at radius 2 is 1.88 bits per heavy atom. The SMILES string of the molecule is CNS(=O)(=O)c1ccc(N2CCC(C(=O)NC(C)C(C)C)CC2)nc1.